The number of carbonyl (C=O) groups is 2. The number of ketones is 1. The Morgan fingerprint density at radius 2 is 1.75 bits per heavy atom. The molecule has 0 radical (unpaired) electrons. The fourth-order valence-corrected chi connectivity index (χ4v) is 5.52. The van der Waals surface area contributed by atoms with Crippen molar-refractivity contribution in [2.24, 2.45) is 11.8 Å². The molecule has 2 rings (SSSR count). The maximum atomic E-state index is 13.0. The van der Waals surface area contributed by atoms with Crippen LogP contribution >= 0.6 is 23.4 Å². The monoisotopic (exact) mass is 494 g/mol. The lowest BCUT2D eigenvalue weighted by Crippen LogP contribution is -2.55. The summed E-state index contributed by atoms with van der Waals surface area (Å²) >= 11 is 7.38. The first kappa shape index (κ1) is 27.8. The molecule has 1 amide bonds. The third-order valence-corrected chi connectivity index (χ3v) is 7.82. The number of alkyl halides is 1. The van der Waals surface area contributed by atoms with E-state index in [1.54, 1.807) is 13.2 Å². The van der Waals surface area contributed by atoms with E-state index in [1.807, 2.05) is 0 Å². The fourth-order valence-electron chi connectivity index (χ4n) is 4.60. The molecule has 0 aromatic carbocycles. The lowest BCUT2D eigenvalue weighted by Gasteiger charge is -2.32. The van der Waals surface area contributed by atoms with Crippen molar-refractivity contribution in [3.63, 3.8) is 0 Å². The number of rotatable bonds is 10. The number of aliphatic hydroxyl groups is 3. The van der Waals surface area contributed by atoms with E-state index in [9.17, 15) is 24.9 Å². The molecule has 2 fully saturated rings. The highest BCUT2D eigenvalue weighted by atomic mass is 35.5. The van der Waals surface area contributed by atoms with Crippen LogP contribution in [-0.4, -0.2) is 81.2 Å². The molecule has 0 bridgehead atoms. The topological polar surface area (TPSA) is 128 Å². The number of thioether (sulfide) groups is 1. The number of hydrogen-bond acceptors (Lipinski definition) is 8. The Morgan fingerprint density at radius 1 is 1.12 bits per heavy atom. The fraction of sp³-hybridized carbons (Fsp3) is 0.909. The zero-order chi connectivity index (χ0) is 23.8. The van der Waals surface area contributed by atoms with Gasteiger partial charge in [0.1, 0.15) is 17.3 Å². The van der Waals surface area contributed by atoms with Gasteiger partial charge >= 0.3 is 0 Å². The predicted octanol–water partition coefficient (Wildman–Crippen LogP) is 1.38. The van der Waals surface area contributed by atoms with Crippen molar-refractivity contribution in [3.8, 4) is 0 Å². The molecule has 8 nitrogen and oxygen atoms in total. The highest BCUT2D eigenvalue weighted by molar-refractivity contribution is 7.99. The van der Waals surface area contributed by atoms with Gasteiger partial charge in [0.25, 0.3) is 0 Å². The summed E-state index contributed by atoms with van der Waals surface area (Å²) in [7, 11) is 0. The lowest BCUT2D eigenvalue weighted by atomic mass is 9.76. The summed E-state index contributed by atoms with van der Waals surface area (Å²) < 4.78 is 5.53. The Bertz CT molecular complexity index is 601. The van der Waals surface area contributed by atoms with Crippen molar-refractivity contribution in [1.29, 1.82) is 0 Å². The van der Waals surface area contributed by atoms with Crippen molar-refractivity contribution in [1.82, 2.24) is 10.6 Å². The van der Waals surface area contributed by atoms with Gasteiger partial charge in [0.05, 0.1) is 23.6 Å². The number of nitrogens with one attached hydrogen (secondary N) is 2. The number of carbonyl (C=O) groups excluding carboxylic acids is 2. The number of Topliss-reactive ketones (excluding diaryl/α,β-unsaturated/α-hetero) is 1. The quantitative estimate of drug-likeness (QED) is 0.227. The van der Waals surface area contributed by atoms with Gasteiger partial charge in [-0.2, -0.15) is 0 Å². The van der Waals surface area contributed by atoms with Crippen LogP contribution in [0.5, 0.6) is 0 Å². The first-order valence-corrected chi connectivity index (χ1v) is 13.3. The van der Waals surface area contributed by atoms with Crippen molar-refractivity contribution in [3.05, 3.63) is 0 Å². The summed E-state index contributed by atoms with van der Waals surface area (Å²) in [5, 5.41) is 35.7. The standard InChI is InChI=1S/C22H39ClN2O6S/c1-12(23)18(21(30)31-22(32-3)19(28)13(2)26)25-20(29)17-9-6-15(10-11-24-17)14-4-7-16(27)8-5-14/h12-15,17-19,21-22,24,26,28,30H,4-11H2,1-3H3,(H,25,29)/t12?,13?,15?,17?,18?,19?,21-,22?/m1/s1. The van der Waals surface area contributed by atoms with Gasteiger partial charge in [0.15, 0.2) is 6.29 Å². The first-order chi connectivity index (χ1) is 15.1. The van der Waals surface area contributed by atoms with E-state index in [2.05, 4.69) is 10.6 Å². The van der Waals surface area contributed by atoms with Crippen LogP contribution < -0.4 is 10.6 Å². The van der Waals surface area contributed by atoms with Gasteiger partial charge in [0, 0.05) is 12.8 Å². The molecule has 32 heavy (non-hydrogen) atoms. The third kappa shape index (κ3) is 8.11. The maximum Gasteiger partial charge on any atom is 0.237 e. The molecular formula is C22H39ClN2O6S. The summed E-state index contributed by atoms with van der Waals surface area (Å²) in [6.45, 7) is 3.81. The van der Waals surface area contributed by atoms with Gasteiger partial charge < -0.3 is 30.7 Å². The predicted molar refractivity (Wildman–Crippen MR) is 125 cm³/mol. The largest absolute Gasteiger partial charge is 0.391 e. The van der Waals surface area contributed by atoms with Gasteiger partial charge in [-0.1, -0.05) is 0 Å². The normalized spacial score (nSPS) is 28.8. The van der Waals surface area contributed by atoms with Gasteiger partial charge in [-0.3, -0.25) is 9.59 Å². The molecule has 1 saturated carbocycles. The van der Waals surface area contributed by atoms with Crippen LogP contribution in [0.25, 0.3) is 0 Å². The van der Waals surface area contributed by atoms with E-state index in [0.717, 1.165) is 44.0 Å². The minimum absolute atomic E-state index is 0.249. The van der Waals surface area contributed by atoms with E-state index in [-0.39, 0.29) is 5.91 Å². The van der Waals surface area contributed by atoms with Crippen LogP contribution in [0.1, 0.15) is 58.8 Å². The van der Waals surface area contributed by atoms with Gasteiger partial charge in [-0.25, -0.2) is 0 Å². The third-order valence-electron chi connectivity index (χ3n) is 6.69. The minimum Gasteiger partial charge on any atom is -0.391 e. The molecule has 1 aliphatic heterocycles. The van der Waals surface area contributed by atoms with E-state index in [1.165, 1.54) is 6.92 Å². The van der Waals surface area contributed by atoms with Gasteiger partial charge in [-0.15, -0.1) is 23.4 Å². The average molecular weight is 495 g/mol. The smallest absolute Gasteiger partial charge is 0.237 e. The zero-order valence-electron chi connectivity index (χ0n) is 19.2. The second-order valence-electron chi connectivity index (χ2n) is 9.08. The van der Waals surface area contributed by atoms with Crippen LogP contribution in [0.15, 0.2) is 0 Å². The summed E-state index contributed by atoms with van der Waals surface area (Å²) in [6, 6.07) is -1.28. The summed E-state index contributed by atoms with van der Waals surface area (Å²) in [5.41, 5.74) is -0.876. The van der Waals surface area contributed by atoms with Crippen LogP contribution in [-0.2, 0) is 14.3 Å². The van der Waals surface area contributed by atoms with Crippen LogP contribution in [0.2, 0.25) is 0 Å². The number of aliphatic hydroxyl groups excluding tert-OH is 3. The zero-order valence-corrected chi connectivity index (χ0v) is 20.8. The second kappa shape index (κ2) is 13.5. The number of hydrogen-bond donors (Lipinski definition) is 5. The Kier molecular flexibility index (Phi) is 11.7. The van der Waals surface area contributed by atoms with E-state index in [0.29, 0.717) is 36.9 Å². The van der Waals surface area contributed by atoms with Crippen LogP contribution in [0.4, 0.5) is 0 Å². The Morgan fingerprint density at radius 3 is 2.31 bits per heavy atom. The molecule has 10 heteroatoms. The highest BCUT2D eigenvalue weighted by Gasteiger charge is 2.35. The summed E-state index contributed by atoms with van der Waals surface area (Å²) in [5.74, 6) is 1.17. The number of amides is 1. The molecule has 1 saturated heterocycles. The summed E-state index contributed by atoms with van der Waals surface area (Å²) in [4.78, 5) is 24.5. The molecule has 0 aromatic rings. The second-order valence-corrected chi connectivity index (χ2v) is 10.7. The molecule has 7 unspecified atom stereocenters. The maximum absolute atomic E-state index is 13.0. The van der Waals surface area contributed by atoms with E-state index >= 15 is 0 Å². The number of halogens is 1. The van der Waals surface area contributed by atoms with Crippen molar-refractivity contribution in [2.45, 2.75) is 100 Å². The van der Waals surface area contributed by atoms with Gasteiger partial charge in [-0.05, 0) is 70.6 Å². The molecule has 8 atom stereocenters. The molecular weight excluding hydrogens is 456 g/mol. The number of ether oxygens (including phenoxy) is 1. The highest BCUT2D eigenvalue weighted by Crippen LogP contribution is 2.34. The molecule has 1 heterocycles. The van der Waals surface area contributed by atoms with Crippen molar-refractivity contribution >= 4 is 35.1 Å². The average Bonchev–Trinajstić information content (AvgIpc) is 3.01. The van der Waals surface area contributed by atoms with Crippen LogP contribution in [0, 0.1) is 11.8 Å². The lowest BCUT2D eigenvalue weighted by molar-refractivity contribution is -0.165. The molecule has 1 aliphatic carbocycles. The first-order valence-electron chi connectivity index (χ1n) is 11.6. The van der Waals surface area contributed by atoms with Crippen LogP contribution in [0.3, 0.4) is 0 Å². The molecule has 5 N–H and O–H groups in total. The van der Waals surface area contributed by atoms with E-state index in [4.69, 9.17) is 16.3 Å². The Hall–Kier alpha value is -0.420. The summed E-state index contributed by atoms with van der Waals surface area (Å²) in [6.07, 6.45) is 3.83. The Labute approximate surface area is 200 Å². The van der Waals surface area contributed by atoms with Crippen molar-refractivity contribution in [2.75, 3.05) is 12.8 Å². The minimum atomic E-state index is -1.45. The van der Waals surface area contributed by atoms with Crippen molar-refractivity contribution < 1.29 is 29.6 Å². The van der Waals surface area contributed by atoms with E-state index < -0.39 is 41.4 Å². The molecule has 2 aliphatic rings. The SMILES string of the molecule is CSC(O[C@@H](O)C(NC(=O)C1CCC(C2CCC(=O)CC2)CCN1)C(C)Cl)C(O)C(C)O. The molecule has 186 valence electrons. The Balaban J connectivity index is 1.92. The molecule has 0 aromatic heterocycles. The molecule has 0 spiro atoms. The van der Waals surface area contributed by atoms with Gasteiger partial charge in [0.2, 0.25) is 5.91 Å².